The van der Waals surface area contributed by atoms with Crippen molar-refractivity contribution in [1.82, 2.24) is 5.43 Å². The van der Waals surface area contributed by atoms with Gasteiger partial charge in [0.2, 0.25) is 5.91 Å². The summed E-state index contributed by atoms with van der Waals surface area (Å²) in [5.41, 5.74) is 7.86. The number of hydrogen-bond donors (Lipinski definition) is 1. The quantitative estimate of drug-likeness (QED) is 0.878. The van der Waals surface area contributed by atoms with Crippen molar-refractivity contribution in [3.05, 3.63) is 58.6 Å². The van der Waals surface area contributed by atoms with E-state index in [9.17, 15) is 4.79 Å². The van der Waals surface area contributed by atoms with Crippen molar-refractivity contribution < 1.29 is 4.79 Å². The molecule has 1 N–H and O–H groups in total. The number of rotatable bonds is 2. The Kier molecular flexibility index (Phi) is 4.23. The number of thioether (sulfide) groups is 1. The third-order valence-corrected chi connectivity index (χ3v) is 5.30. The number of hydrogen-bond acceptors (Lipinski definition) is 4. The number of amidine groups is 1. The first-order valence-corrected chi connectivity index (χ1v) is 9.16. The van der Waals surface area contributed by atoms with Crippen molar-refractivity contribution >= 4 is 51.5 Å². The van der Waals surface area contributed by atoms with E-state index in [1.807, 2.05) is 43.4 Å². The summed E-state index contributed by atoms with van der Waals surface area (Å²) < 4.78 is 0. The van der Waals surface area contributed by atoms with Gasteiger partial charge in [0.05, 0.1) is 17.8 Å². The number of likely N-dealkylation sites (N-methyl/N-ethyl adjacent to an activating group) is 1. The second-order valence-corrected chi connectivity index (χ2v) is 7.23. The summed E-state index contributed by atoms with van der Waals surface area (Å²) in [5.74, 6) is 0.852. The van der Waals surface area contributed by atoms with Crippen LogP contribution < -0.4 is 10.3 Å². The normalized spacial score (nSPS) is 18.2. The van der Waals surface area contributed by atoms with Crippen molar-refractivity contribution in [2.24, 2.45) is 10.1 Å². The standard InChI is InChI=1S/C18H15ClN4OS/c1-23-16-7-2-11(8-12(16)9-17(23)24)15-10-25-18(22-21-15)20-14-5-3-13(19)4-6-14/h2-8H,9-10H2,1H3,(H,20,22). The molecule has 2 heterocycles. The van der Waals surface area contributed by atoms with Gasteiger partial charge in [0.1, 0.15) is 0 Å². The van der Waals surface area contributed by atoms with Crippen LogP contribution in [0.25, 0.3) is 0 Å². The Morgan fingerprint density at radius 1 is 1.24 bits per heavy atom. The Morgan fingerprint density at radius 2 is 2.04 bits per heavy atom. The number of carbonyl (C=O) groups is 1. The van der Waals surface area contributed by atoms with Gasteiger partial charge in [-0.3, -0.25) is 10.2 Å². The van der Waals surface area contributed by atoms with E-state index in [2.05, 4.69) is 21.6 Å². The highest BCUT2D eigenvalue weighted by Crippen LogP contribution is 2.29. The van der Waals surface area contributed by atoms with E-state index in [0.29, 0.717) is 11.4 Å². The molecule has 4 rings (SSSR count). The molecule has 2 aromatic carbocycles. The lowest BCUT2D eigenvalue weighted by molar-refractivity contribution is -0.117. The van der Waals surface area contributed by atoms with Gasteiger partial charge in [-0.25, -0.2) is 4.99 Å². The fourth-order valence-electron chi connectivity index (χ4n) is 2.80. The van der Waals surface area contributed by atoms with Gasteiger partial charge in [0, 0.05) is 23.5 Å². The number of fused-ring (bicyclic) bond motifs is 1. The Balaban J connectivity index is 1.53. The van der Waals surface area contributed by atoms with E-state index < -0.39 is 0 Å². The number of halogens is 1. The third kappa shape index (κ3) is 3.27. The largest absolute Gasteiger partial charge is 0.315 e. The lowest BCUT2D eigenvalue weighted by Gasteiger charge is -2.16. The smallest absolute Gasteiger partial charge is 0.231 e. The van der Waals surface area contributed by atoms with Crippen LogP contribution in [0.1, 0.15) is 11.1 Å². The molecule has 0 atom stereocenters. The molecule has 126 valence electrons. The average Bonchev–Trinajstić information content (AvgIpc) is 2.91. The van der Waals surface area contributed by atoms with Crippen LogP contribution in [0, 0.1) is 0 Å². The summed E-state index contributed by atoms with van der Waals surface area (Å²) in [6, 6.07) is 13.4. The van der Waals surface area contributed by atoms with Crippen LogP contribution in [0.15, 0.2) is 52.6 Å². The van der Waals surface area contributed by atoms with Gasteiger partial charge in [-0.15, -0.1) is 0 Å². The van der Waals surface area contributed by atoms with Crippen molar-refractivity contribution in [3.63, 3.8) is 0 Å². The van der Waals surface area contributed by atoms with Crippen molar-refractivity contribution in [1.29, 1.82) is 0 Å². The molecule has 0 saturated heterocycles. The zero-order valence-corrected chi connectivity index (χ0v) is 15.1. The lowest BCUT2D eigenvalue weighted by Crippen LogP contribution is -2.25. The molecule has 2 aromatic rings. The van der Waals surface area contributed by atoms with Gasteiger partial charge in [0.15, 0.2) is 5.17 Å². The molecule has 0 bridgehead atoms. The molecule has 25 heavy (non-hydrogen) atoms. The van der Waals surface area contributed by atoms with Crippen molar-refractivity contribution in [3.8, 4) is 0 Å². The molecule has 0 radical (unpaired) electrons. The monoisotopic (exact) mass is 370 g/mol. The number of hydrazone groups is 1. The molecule has 2 aliphatic rings. The Bertz CT molecular complexity index is 908. The molecule has 0 aromatic heterocycles. The topological polar surface area (TPSA) is 57.1 Å². The van der Waals surface area contributed by atoms with Crippen LogP contribution in [0.3, 0.4) is 0 Å². The summed E-state index contributed by atoms with van der Waals surface area (Å²) in [7, 11) is 1.81. The first kappa shape index (κ1) is 16.2. The van der Waals surface area contributed by atoms with Crippen LogP contribution in [0.5, 0.6) is 0 Å². The first-order chi connectivity index (χ1) is 12.1. The Morgan fingerprint density at radius 3 is 2.76 bits per heavy atom. The summed E-state index contributed by atoms with van der Waals surface area (Å²) in [5, 5.41) is 5.89. The summed E-state index contributed by atoms with van der Waals surface area (Å²) in [6.07, 6.45) is 0.455. The van der Waals surface area contributed by atoms with Crippen LogP contribution in [-0.2, 0) is 11.2 Å². The maximum Gasteiger partial charge on any atom is 0.231 e. The van der Waals surface area contributed by atoms with E-state index in [-0.39, 0.29) is 5.91 Å². The molecule has 0 unspecified atom stereocenters. The second-order valence-electron chi connectivity index (χ2n) is 5.83. The number of nitrogens with zero attached hydrogens (tertiary/aromatic N) is 3. The van der Waals surface area contributed by atoms with Gasteiger partial charge in [0.25, 0.3) is 0 Å². The van der Waals surface area contributed by atoms with E-state index >= 15 is 0 Å². The molecule has 7 heteroatoms. The van der Waals surface area contributed by atoms with Crippen LogP contribution in [0.2, 0.25) is 5.02 Å². The van der Waals surface area contributed by atoms with Gasteiger partial charge in [-0.2, -0.15) is 5.10 Å². The zero-order chi connectivity index (χ0) is 17.4. The fraction of sp³-hybridized carbons (Fsp3) is 0.167. The number of nitrogens with one attached hydrogen (secondary N) is 1. The fourth-order valence-corrected chi connectivity index (χ4v) is 3.72. The molecule has 0 spiro atoms. The van der Waals surface area contributed by atoms with Gasteiger partial charge < -0.3 is 4.90 Å². The van der Waals surface area contributed by atoms with E-state index in [1.54, 1.807) is 16.7 Å². The maximum atomic E-state index is 11.8. The van der Waals surface area contributed by atoms with Gasteiger partial charge in [-0.05, 0) is 47.5 Å². The van der Waals surface area contributed by atoms with Gasteiger partial charge in [-0.1, -0.05) is 29.4 Å². The summed E-state index contributed by atoms with van der Waals surface area (Å²) in [6.45, 7) is 0. The second kappa shape index (κ2) is 6.54. The Hall–Kier alpha value is -2.31. The van der Waals surface area contributed by atoms with E-state index in [4.69, 9.17) is 11.6 Å². The molecular weight excluding hydrogens is 356 g/mol. The third-order valence-electron chi connectivity index (χ3n) is 4.18. The first-order valence-electron chi connectivity index (χ1n) is 7.79. The van der Waals surface area contributed by atoms with E-state index in [1.165, 1.54) is 0 Å². The predicted molar refractivity (Wildman–Crippen MR) is 104 cm³/mol. The minimum absolute atomic E-state index is 0.127. The molecule has 5 nitrogen and oxygen atoms in total. The highest BCUT2D eigenvalue weighted by Gasteiger charge is 2.25. The molecule has 0 fully saturated rings. The minimum Gasteiger partial charge on any atom is -0.315 e. The number of anilines is 1. The lowest BCUT2D eigenvalue weighted by atomic mass is 10.1. The summed E-state index contributed by atoms with van der Waals surface area (Å²) >= 11 is 7.48. The minimum atomic E-state index is 0.127. The molecule has 2 aliphatic heterocycles. The molecule has 0 saturated carbocycles. The number of carbonyl (C=O) groups excluding carboxylic acids is 1. The highest BCUT2D eigenvalue weighted by atomic mass is 35.5. The average molecular weight is 371 g/mol. The van der Waals surface area contributed by atoms with Crippen LogP contribution >= 0.6 is 23.4 Å². The SMILES string of the molecule is CN1C(=O)Cc2cc(C3=NNC(=Nc4ccc(Cl)cc4)SC3)ccc21. The summed E-state index contributed by atoms with van der Waals surface area (Å²) in [4.78, 5) is 18.0. The number of amides is 1. The molecular formula is C18H15ClN4OS. The van der Waals surface area contributed by atoms with Crippen molar-refractivity contribution in [2.45, 2.75) is 6.42 Å². The zero-order valence-electron chi connectivity index (χ0n) is 13.5. The predicted octanol–water partition coefficient (Wildman–Crippen LogP) is 3.59. The van der Waals surface area contributed by atoms with E-state index in [0.717, 1.165) is 39.1 Å². The van der Waals surface area contributed by atoms with Crippen molar-refractivity contribution in [2.75, 3.05) is 17.7 Å². The van der Waals surface area contributed by atoms with Gasteiger partial charge >= 0.3 is 0 Å². The molecule has 1 amide bonds. The number of benzene rings is 2. The van der Waals surface area contributed by atoms with Crippen LogP contribution in [-0.4, -0.2) is 29.6 Å². The molecule has 0 aliphatic carbocycles. The number of aliphatic imine (C=N–C) groups is 1. The maximum absolute atomic E-state index is 11.8. The highest BCUT2D eigenvalue weighted by molar-refractivity contribution is 8.14. The Labute approximate surface area is 154 Å². The van der Waals surface area contributed by atoms with Crippen LogP contribution in [0.4, 0.5) is 11.4 Å².